The average molecular weight is 481 g/mol. The number of fused-ring (bicyclic) bond motifs is 1. The van der Waals surface area contributed by atoms with Gasteiger partial charge in [0.15, 0.2) is 23.6 Å². The van der Waals surface area contributed by atoms with Gasteiger partial charge in [0.05, 0.1) is 6.33 Å². The van der Waals surface area contributed by atoms with Gasteiger partial charge in [0.2, 0.25) is 5.95 Å². The number of likely N-dealkylation sites (tertiary alicyclic amines) is 1. The Balaban J connectivity index is 1.33. The zero-order chi connectivity index (χ0) is 24.2. The summed E-state index contributed by atoms with van der Waals surface area (Å²) in [6.45, 7) is 1.22. The average Bonchev–Trinajstić information content (AvgIpc) is 3.54. The smallest absolute Gasteiger partial charge is 0.410 e. The molecule has 2 saturated carbocycles. The molecule has 0 aromatic carbocycles. The van der Waals surface area contributed by atoms with Crippen LogP contribution in [0.1, 0.15) is 70.3 Å². The number of hydrogen-bond acceptors (Lipinski definition) is 8. The van der Waals surface area contributed by atoms with Crippen LogP contribution in [0, 0.1) is 12.3 Å². The number of nitrogens with one attached hydrogen (secondary N) is 2. The van der Waals surface area contributed by atoms with Gasteiger partial charge in [0.25, 0.3) is 0 Å². The van der Waals surface area contributed by atoms with Crippen molar-refractivity contribution in [2.24, 2.45) is 5.73 Å². The van der Waals surface area contributed by atoms with Crippen molar-refractivity contribution in [3.05, 3.63) is 6.33 Å². The number of nitrogens with zero attached hydrogens (tertiary/aromatic N) is 5. The van der Waals surface area contributed by atoms with Crippen molar-refractivity contribution in [1.29, 1.82) is 0 Å². The molecule has 3 aliphatic rings. The highest BCUT2D eigenvalue weighted by Crippen LogP contribution is 2.34. The highest BCUT2D eigenvalue weighted by Gasteiger charge is 2.27. The summed E-state index contributed by atoms with van der Waals surface area (Å²) in [6, 6.07) is 1.26. The largest absolute Gasteiger partial charge is 0.436 e. The first-order valence-electron chi connectivity index (χ1n) is 13.0. The summed E-state index contributed by atoms with van der Waals surface area (Å²) in [5.41, 5.74) is 7.80. The Morgan fingerprint density at radius 2 is 1.77 bits per heavy atom. The van der Waals surface area contributed by atoms with Crippen molar-refractivity contribution in [3.63, 3.8) is 0 Å². The Bertz CT molecular complexity index is 1060. The normalized spacial score (nSPS) is 23.8. The van der Waals surface area contributed by atoms with Crippen LogP contribution >= 0.6 is 0 Å². The zero-order valence-corrected chi connectivity index (χ0v) is 20.3. The van der Waals surface area contributed by atoms with E-state index in [1.54, 1.807) is 4.90 Å². The van der Waals surface area contributed by atoms with E-state index in [0.29, 0.717) is 37.2 Å². The van der Waals surface area contributed by atoms with E-state index in [4.69, 9.17) is 31.8 Å². The van der Waals surface area contributed by atoms with E-state index < -0.39 is 0 Å². The monoisotopic (exact) mass is 480 g/mol. The number of terminal acetylenes is 1. The lowest BCUT2D eigenvalue weighted by Gasteiger charge is -2.32. The number of nitrogens with two attached hydrogens (primary N) is 1. The number of carbonyl (C=O) groups is 1. The van der Waals surface area contributed by atoms with Crippen LogP contribution in [0.25, 0.3) is 11.2 Å². The fraction of sp³-hybridized carbons (Fsp3) is 0.680. The summed E-state index contributed by atoms with van der Waals surface area (Å²) in [4.78, 5) is 28.4. The number of ether oxygens (including phenoxy) is 1. The van der Waals surface area contributed by atoms with Crippen molar-refractivity contribution < 1.29 is 9.53 Å². The van der Waals surface area contributed by atoms with Crippen LogP contribution in [-0.2, 0) is 4.74 Å². The van der Waals surface area contributed by atoms with E-state index in [1.165, 1.54) is 12.8 Å². The molecule has 3 fully saturated rings. The van der Waals surface area contributed by atoms with Crippen molar-refractivity contribution >= 4 is 29.0 Å². The van der Waals surface area contributed by atoms with Crippen LogP contribution in [-0.4, -0.2) is 68.3 Å². The molecule has 2 aromatic rings. The second-order valence-electron chi connectivity index (χ2n) is 10.1. The molecule has 188 valence electrons. The maximum absolute atomic E-state index is 12.1. The van der Waals surface area contributed by atoms with E-state index in [0.717, 1.165) is 68.3 Å². The zero-order valence-electron chi connectivity index (χ0n) is 20.3. The summed E-state index contributed by atoms with van der Waals surface area (Å²) in [5, 5.41) is 7.19. The predicted octanol–water partition coefficient (Wildman–Crippen LogP) is 3.27. The lowest BCUT2D eigenvalue weighted by Crippen LogP contribution is -2.42. The molecule has 1 amide bonds. The Kier molecular flexibility index (Phi) is 7.23. The van der Waals surface area contributed by atoms with Gasteiger partial charge in [-0.3, -0.25) is 0 Å². The fourth-order valence-electron chi connectivity index (χ4n) is 5.57. The Labute approximate surface area is 206 Å². The third-order valence-electron chi connectivity index (χ3n) is 7.62. The first kappa shape index (κ1) is 23.7. The predicted molar refractivity (Wildman–Crippen MR) is 135 cm³/mol. The highest BCUT2D eigenvalue weighted by atomic mass is 16.6. The summed E-state index contributed by atoms with van der Waals surface area (Å²) < 4.78 is 7.31. The number of rotatable bonds is 6. The minimum Gasteiger partial charge on any atom is -0.436 e. The second-order valence-corrected chi connectivity index (χ2v) is 10.1. The molecule has 1 saturated heterocycles. The molecule has 3 heterocycles. The van der Waals surface area contributed by atoms with E-state index in [2.05, 4.69) is 21.1 Å². The molecule has 5 rings (SSSR count). The van der Waals surface area contributed by atoms with E-state index in [1.807, 2.05) is 6.33 Å². The lowest BCUT2D eigenvalue weighted by atomic mass is 9.92. The van der Waals surface area contributed by atoms with Crippen molar-refractivity contribution in [2.45, 2.75) is 88.4 Å². The summed E-state index contributed by atoms with van der Waals surface area (Å²) in [6.07, 6.45) is 17.3. The Hall–Kier alpha value is -3.06. The third-order valence-corrected chi connectivity index (χ3v) is 7.62. The van der Waals surface area contributed by atoms with Gasteiger partial charge < -0.3 is 30.6 Å². The van der Waals surface area contributed by atoms with Crippen molar-refractivity contribution in [1.82, 2.24) is 24.4 Å². The van der Waals surface area contributed by atoms with Gasteiger partial charge in [0, 0.05) is 37.3 Å². The summed E-state index contributed by atoms with van der Waals surface area (Å²) in [7, 11) is 0. The lowest BCUT2D eigenvalue weighted by molar-refractivity contribution is 0.105. The molecule has 35 heavy (non-hydrogen) atoms. The van der Waals surface area contributed by atoms with E-state index in [9.17, 15) is 4.79 Å². The number of piperidine rings is 1. The topological polar surface area (TPSA) is 123 Å². The number of aromatic nitrogens is 4. The molecular formula is C25H36N8O2. The molecule has 4 N–H and O–H groups in total. The molecule has 10 nitrogen and oxygen atoms in total. The van der Waals surface area contributed by atoms with Gasteiger partial charge in [-0.05, 0) is 51.4 Å². The number of anilines is 2. The second kappa shape index (κ2) is 10.7. The Morgan fingerprint density at radius 1 is 1.06 bits per heavy atom. The standard InChI is InChI=1S/C25H36N8O2/c1-2-15-35-25(34)32-13-11-19(12-14-32)28-22-21-23(33(16-27-21)20-5-3-4-6-20)31-24(30-22)29-18-9-7-17(26)8-10-18/h1,16-20H,3-15,26H2,(H2,28,29,30,31). The van der Waals surface area contributed by atoms with Crippen LogP contribution in [0.15, 0.2) is 6.33 Å². The number of hydrogen-bond donors (Lipinski definition) is 3. The van der Waals surface area contributed by atoms with E-state index >= 15 is 0 Å². The van der Waals surface area contributed by atoms with Gasteiger partial charge in [-0.1, -0.05) is 18.8 Å². The molecule has 0 bridgehead atoms. The molecule has 2 aromatic heterocycles. The first-order chi connectivity index (χ1) is 17.1. The van der Waals surface area contributed by atoms with E-state index in [-0.39, 0.29) is 18.7 Å². The summed E-state index contributed by atoms with van der Waals surface area (Å²) in [5.74, 6) is 3.75. The molecule has 0 atom stereocenters. The van der Waals surface area contributed by atoms with Gasteiger partial charge in [-0.2, -0.15) is 9.97 Å². The van der Waals surface area contributed by atoms with Gasteiger partial charge in [-0.25, -0.2) is 9.78 Å². The number of imidazole rings is 1. The third kappa shape index (κ3) is 5.45. The first-order valence-corrected chi connectivity index (χ1v) is 13.0. The maximum atomic E-state index is 12.1. The maximum Gasteiger partial charge on any atom is 0.410 e. The van der Waals surface area contributed by atoms with Crippen LogP contribution in [0.4, 0.5) is 16.6 Å². The molecular weight excluding hydrogens is 444 g/mol. The Morgan fingerprint density at radius 3 is 2.49 bits per heavy atom. The van der Waals surface area contributed by atoms with Gasteiger partial charge >= 0.3 is 6.09 Å². The molecule has 0 spiro atoms. The van der Waals surface area contributed by atoms with Crippen LogP contribution in [0.3, 0.4) is 0 Å². The quantitative estimate of drug-likeness (QED) is 0.538. The van der Waals surface area contributed by atoms with Crippen LogP contribution in [0.5, 0.6) is 0 Å². The van der Waals surface area contributed by atoms with Gasteiger partial charge in [0.1, 0.15) is 0 Å². The van der Waals surface area contributed by atoms with Crippen LogP contribution in [0.2, 0.25) is 0 Å². The molecule has 0 radical (unpaired) electrons. The number of carbonyl (C=O) groups excluding carboxylic acids is 1. The van der Waals surface area contributed by atoms with Crippen molar-refractivity contribution in [2.75, 3.05) is 30.3 Å². The highest BCUT2D eigenvalue weighted by molar-refractivity contribution is 5.84. The van der Waals surface area contributed by atoms with Gasteiger partial charge in [-0.15, -0.1) is 6.42 Å². The van der Waals surface area contributed by atoms with Crippen LogP contribution < -0.4 is 16.4 Å². The molecule has 1 aliphatic heterocycles. The minimum absolute atomic E-state index is 0.00227. The molecule has 10 heteroatoms. The number of amides is 1. The summed E-state index contributed by atoms with van der Waals surface area (Å²) >= 11 is 0. The fourth-order valence-corrected chi connectivity index (χ4v) is 5.57. The molecule has 0 unspecified atom stereocenters. The SMILES string of the molecule is C#CCOC(=O)N1CCC(Nc2nc(NC3CCC(N)CC3)nc3c2ncn3C2CCCC2)CC1. The minimum atomic E-state index is -0.347. The molecule has 2 aliphatic carbocycles. The van der Waals surface area contributed by atoms with Crippen molar-refractivity contribution in [3.8, 4) is 12.3 Å².